The summed E-state index contributed by atoms with van der Waals surface area (Å²) < 4.78 is 16.5. The molecule has 0 aromatic heterocycles. The molecule has 0 rings (SSSR count). The monoisotopic (exact) mass is 661 g/mol. The zero-order valence-electron chi connectivity index (χ0n) is 30.8. The summed E-state index contributed by atoms with van der Waals surface area (Å²) in [4.78, 5) is 37.3. The second kappa shape index (κ2) is 36.5. The van der Waals surface area contributed by atoms with Crippen molar-refractivity contribution in [2.45, 2.75) is 194 Å². The molecule has 0 radical (unpaired) electrons. The van der Waals surface area contributed by atoms with Gasteiger partial charge in [-0.1, -0.05) is 128 Å². The van der Waals surface area contributed by atoms with Crippen molar-refractivity contribution in [2.75, 3.05) is 13.2 Å². The number of carbonyl (C=O) groups excluding carboxylic acids is 3. The number of carbonyl (C=O) groups is 3. The van der Waals surface area contributed by atoms with Crippen LogP contribution in [0.5, 0.6) is 0 Å². The van der Waals surface area contributed by atoms with Crippen molar-refractivity contribution in [3.05, 3.63) is 36.5 Å². The molecule has 1 unspecified atom stereocenters. The van der Waals surface area contributed by atoms with Gasteiger partial charge in [0.2, 0.25) is 0 Å². The maximum Gasteiger partial charge on any atom is 0.306 e. The number of esters is 3. The molecule has 0 aliphatic heterocycles. The van der Waals surface area contributed by atoms with Crippen LogP contribution in [0.15, 0.2) is 36.5 Å². The van der Waals surface area contributed by atoms with Crippen LogP contribution in [0.1, 0.15) is 188 Å². The Kier molecular flexibility index (Phi) is 34.6. The molecule has 0 fully saturated rings. The predicted octanol–water partition coefficient (Wildman–Crippen LogP) is 11.9. The van der Waals surface area contributed by atoms with Gasteiger partial charge in [-0.25, -0.2) is 0 Å². The fourth-order valence-corrected chi connectivity index (χ4v) is 5.05. The van der Waals surface area contributed by atoms with E-state index in [1.54, 1.807) is 0 Å². The largest absolute Gasteiger partial charge is 0.462 e. The van der Waals surface area contributed by atoms with Gasteiger partial charge in [-0.05, 0) is 77.0 Å². The molecule has 47 heavy (non-hydrogen) atoms. The summed E-state index contributed by atoms with van der Waals surface area (Å²) >= 11 is 0. The van der Waals surface area contributed by atoms with Crippen LogP contribution in [0.25, 0.3) is 0 Å². The second-order valence-electron chi connectivity index (χ2n) is 12.8. The van der Waals surface area contributed by atoms with Gasteiger partial charge in [0.25, 0.3) is 0 Å². The third-order valence-electron chi connectivity index (χ3n) is 8.09. The summed E-state index contributed by atoms with van der Waals surface area (Å²) in [6, 6.07) is 0. The van der Waals surface area contributed by atoms with E-state index in [-0.39, 0.29) is 31.1 Å². The molecule has 0 saturated heterocycles. The van der Waals surface area contributed by atoms with Crippen LogP contribution in [0.2, 0.25) is 0 Å². The van der Waals surface area contributed by atoms with E-state index in [9.17, 15) is 14.4 Å². The van der Waals surface area contributed by atoms with E-state index in [4.69, 9.17) is 14.2 Å². The molecule has 1 atom stereocenters. The highest BCUT2D eigenvalue weighted by molar-refractivity contribution is 5.71. The smallest absolute Gasteiger partial charge is 0.306 e. The maximum atomic E-state index is 12.6. The van der Waals surface area contributed by atoms with Crippen molar-refractivity contribution in [3.63, 3.8) is 0 Å². The summed E-state index contributed by atoms with van der Waals surface area (Å²) in [5.41, 5.74) is 0. The first-order chi connectivity index (χ1) is 23.0. The zero-order chi connectivity index (χ0) is 34.5. The van der Waals surface area contributed by atoms with Crippen LogP contribution in [-0.4, -0.2) is 37.2 Å². The Morgan fingerprint density at radius 1 is 0.404 bits per heavy atom. The lowest BCUT2D eigenvalue weighted by Gasteiger charge is -2.18. The molecule has 0 aliphatic rings. The zero-order valence-corrected chi connectivity index (χ0v) is 30.8. The first kappa shape index (κ1) is 44.6. The summed E-state index contributed by atoms with van der Waals surface area (Å²) in [7, 11) is 0. The third kappa shape index (κ3) is 34.8. The minimum absolute atomic E-state index is 0.0917. The Morgan fingerprint density at radius 2 is 0.745 bits per heavy atom. The van der Waals surface area contributed by atoms with E-state index in [0.29, 0.717) is 25.7 Å². The molecule has 0 saturated carbocycles. The average Bonchev–Trinajstić information content (AvgIpc) is 3.06. The van der Waals surface area contributed by atoms with Gasteiger partial charge in [-0.15, -0.1) is 0 Å². The van der Waals surface area contributed by atoms with Gasteiger partial charge >= 0.3 is 17.9 Å². The topological polar surface area (TPSA) is 78.9 Å². The van der Waals surface area contributed by atoms with Crippen LogP contribution in [-0.2, 0) is 28.6 Å². The van der Waals surface area contributed by atoms with Crippen molar-refractivity contribution < 1.29 is 28.6 Å². The van der Waals surface area contributed by atoms with Gasteiger partial charge in [0, 0.05) is 19.3 Å². The molecule has 0 aliphatic carbocycles. The molecule has 6 nitrogen and oxygen atoms in total. The van der Waals surface area contributed by atoms with Crippen molar-refractivity contribution in [1.29, 1.82) is 0 Å². The number of unbranched alkanes of at least 4 members (excludes halogenated alkanes) is 17. The van der Waals surface area contributed by atoms with Gasteiger partial charge in [0.1, 0.15) is 13.2 Å². The lowest BCUT2D eigenvalue weighted by atomic mass is 10.1. The van der Waals surface area contributed by atoms with Gasteiger partial charge in [0.05, 0.1) is 0 Å². The first-order valence-corrected chi connectivity index (χ1v) is 19.5. The van der Waals surface area contributed by atoms with Crippen LogP contribution < -0.4 is 0 Å². The summed E-state index contributed by atoms with van der Waals surface area (Å²) in [6.07, 6.45) is 38.5. The molecule has 0 heterocycles. The molecule has 0 aromatic rings. The standard InChI is InChI=1S/C41H72O6/c1-4-7-10-13-16-19-22-25-28-31-34-40(43)46-37-38(36-45-39(42)33-30-27-24-21-18-15-12-9-6-3)47-41(44)35-32-29-26-23-20-17-14-11-8-5-2/h13-14,16-17,21,24,38H,4-12,15,18-20,22-23,25-37H2,1-3H3/b16-13-,17-14-,24-21-. The summed E-state index contributed by atoms with van der Waals surface area (Å²) in [6.45, 7) is 6.43. The number of hydrogen-bond donors (Lipinski definition) is 0. The minimum Gasteiger partial charge on any atom is -0.462 e. The highest BCUT2D eigenvalue weighted by Crippen LogP contribution is 2.11. The van der Waals surface area contributed by atoms with Gasteiger partial charge in [-0.2, -0.15) is 0 Å². The lowest BCUT2D eigenvalue weighted by molar-refractivity contribution is -0.167. The Balaban J connectivity index is 4.45. The van der Waals surface area contributed by atoms with Crippen LogP contribution in [0.3, 0.4) is 0 Å². The maximum absolute atomic E-state index is 12.6. The fraction of sp³-hybridized carbons (Fsp3) is 0.780. The first-order valence-electron chi connectivity index (χ1n) is 19.5. The minimum atomic E-state index is -0.786. The van der Waals surface area contributed by atoms with E-state index in [2.05, 4.69) is 57.2 Å². The molecule has 0 N–H and O–H groups in total. The number of allylic oxidation sites excluding steroid dienone is 6. The van der Waals surface area contributed by atoms with E-state index in [0.717, 1.165) is 89.9 Å². The molecule has 0 spiro atoms. The van der Waals surface area contributed by atoms with E-state index >= 15 is 0 Å². The van der Waals surface area contributed by atoms with E-state index in [1.807, 2.05) is 0 Å². The lowest BCUT2D eigenvalue weighted by Crippen LogP contribution is -2.30. The Hall–Kier alpha value is -2.37. The molecular formula is C41H72O6. The third-order valence-corrected chi connectivity index (χ3v) is 8.09. The summed E-state index contributed by atoms with van der Waals surface area (Å²) in [5, 5.41) is 0. The summed E-state index contributed by atoms with van der Waals surface area (Å²) in [5.74, 6) is -0.964. The van der Waals surface area contributed by atoms with Crippen molar-refractivity contribution in [3.8, 4) is 0 Å². The average molecular weight is 661 g/mol. The normalized spacial score (nSPS) is 12.3. The highest BCUT2D eigenvalue weighted by atomic mass is 16.6. The highest BCUT2D eigenvalue weighted by Gasteiger charge is 2.19. The molecule has 0 bridgehead atoms. The Bertz CT molecular complexity index is 815. The Morgan fingerprint density at radius 3 is 1.19 bits per heavy atom. The van der Waals surface area contributed by atoms with E-state index in [1.165, 1.54) is 51.4 Å². The number of ether oxygens (including phenoxy) is 3. The SMILES string of the molecule is CCCC/C=C\CCCCCCC(=O)OCC(COC(=O)CCC/C=C\CCCCCC)OC(=O)CCCCCC/C=C\CCCC. The number of hydrogen-bond acceptors (Lipinski definition) is 6. The molecule has 6 heteroatoms. The van der Waals surface area contributed by atoms with Crippen molar-refractivity contribution in [2.24, 2.45) is 0 Å². The van der Waals surface area contributed by atoms with E-state index < -0.39 is 6.10 Å². The second-order valence-corrected chi connectivity index (χ2v) is 12.8. The van der Waals surface area contributed by atoms with Crippen LogP contribution >= 0.6 is 0 Å². The van der Waals surface area contributed by atoms with Crippen molar-refractivity contribution in [1.82, 2.24) is 0 Å². The molecular weight excluding hydrogens is 588 g/mol. The van der Waals surface area contributed by atoms with Gasteiger partial charge in [0.15, 0.2) is 6.10 Å². The quantitative estimate of drug-likeness (QED) is 0.0296. The molecule has 0 amide bonds. The van der Waals surface area contributed by atoms with Crippen LogP contribution in [0, 0.1) is 0 Å². The van der Waals surface area contributed by atoms with Crippen LogP contribution in [0.4, 0.5) is 0 Å². The predicted molar refractivity (Wildman–Crippen MR) is 196 cm³/mol. The van der Waals surface area contributed by atoms with Gasteiger partial charge < -0.3 is 14.2 Å². The Labute approximate surface area is 289 Å². The number of rotatable bonds is 34. The van der Waals surface area contributed by atoms with Crippen molar-refractivity contribution >= 4 is 17.9 Å². The molecule has 0 aromatic carbocycles. The fourth-order valence-electron chi connectivity index (χ4n) is 5.05. The van der Waals surface area contributed by atoms with Gasteiger partial charge in [-0.3, -0.25) is 14.4 Å². The molecule has 272 valence electrons.